The van der Waals surface area contributed by atoms with Gasteiger partial charge in [0.1, 0.15) is 4.21 Å². The van der Waals surface area contributed by atoms with Crippen molar-refractivity contribution in [3.63, 3.8) is 0 Å². The van der Waals surface area contributed by atoms with Crippen LogP contribution in [0.4, 0.5) is 0 Å². The quantitative estimate of drug-likeness (QED) is 0.883. The van der Waals surface area contributed by atoms with Crippen molar-refractivity contribution in [1.29, 1.82) is 0 Å². The lowest BCUT2D eigenvalue weighted by Gasteiger charge is -2.35. The number of hydrogen-bond acceptors (Lipinski definition) is 4. The van der Waals surface area contributed by atoms with E-state index < -0.39 is 10.0 Å². The number of aliphatic hydroxyl groups is 1. The van der Waals surface area contributed by atoms with Gasteiger partial charge in [-0.05, 0) is 47.3 Å². The number of hydrogen-bond donors (Lipinski definition) is 1. The summed E-state index contributed by atoms with van der Waals surface area (Å²) in [6.45, 7) is 1.92. The molecule has 0 spiro atoms. The summed E-state index contributed by atoms with van der Waals surface area (Å²) < 4.78 is 27.7. The first-order chi connectivity index (χ1) is 8.46. The Hall–Kier alpha value is 0.0500. The number of thiophene rings is 1. The van der Waals surface area contributed by atoms with Gasteiger partial charge in [-0.25, -0.2) is 8.42 Å². The van der Waals surface area contributed by atoms with Crippen LogP contribution in [-0.2, 0) is 10.0 Å². The van der Waals surface area contributed by atoms with Crippen molar-refractivity contribution in [2.75, 3.05) is 13.2 Å². The molecule has 102 valence electrons. The highest BCUT2D eigenvalue weighted by atomic mass is 79.9. The van der Waals surface area contributed by atoms with Gasteiger partial charge in [-0.2, -0.15) is 4.31 Å². The summed E-state index contributed by atoms with van der Waals surface area (Å²) in [5.74, 6) is 0. The molecule has 0 atom stereocenters. The van der Waals surface area contributed by atoms with E-state index in [1.807, 2.05) is 6.92 Å². The molecule has 1 heterocycles. The van der Waals surface area contributed by atoms with Gasteiger partial charge in [0.05, 0.1) is 10.4 Å². The molecular formula is C11H16BrNO3S2. The lowest BCUT2D eigenvalue weighted by molar-refractivity contribution is 0.178. The Bertz CT molecular complexity index is 503. The van der Waals surface area contributed by atoms with Crippen LogP contribution in [0.3, 0.4) is 0 Å². The molecule has 1 aliphatic rings. The predicted octanol–water partition coefficient (Wildman–Crippen LogP) is 2.35. The Morgan fingerprint density at radius 1 is 1.56 bits per heavy atom. The molecule has 0 saturated heterocycles. The monoisotopic (exact) mass is 353 g/mol. The Morgan fingerprint density at radius 3 is 2.61 bits per heavy atom. The average Bonchev–Trinajstić information content (AvgIpc) is 2.57. The highest BCUT2D eigenvalue weighted by molar-refractivity contribution is 9.11. The fourth-order valence-electron chi connectivity index (χ4n) is 1.95. The summed E-state index contributed by atoms with van der Waals surface area (Å²) in [6, 6.07) is 1.75. The van der Waals surface area contributed by atoms with Crippen molar-refractivity contribution >= 4 is 37.3 Å². The van der Waals surface area contributed by atoms with Crippen molar-refractivity contribution in [3.8, 4) is 0 Å². The number of rotatable bonds is 5. The minimum absolute atomic E-state index is 0.0586. The molecule has 0 aliphatic heterocycles. The Labute approximate surface area is 120 Å². The molecule has 1 fully saturated rings. The van der Waals surface area contributed by atoms with Crippen molar-refractivity contribution in [3.05, 3.63) is 15.4 Å². The summed E-state index contributed by atoms with van der Waals surface area (Å²) in [5, 5.41) is 9.06. The van der Waals surface area contributed by atoms with Crippen LogP contribution in [0.25, 0.3) is 0 Å². The van der Waals surface area contributed by atoms with E-state index in [1.54, 1.807) is 6.07 Å². The zero-order valence-electron chi connectivity index (χ0n) is 10.1. The average molecular weight is 354 g/mol. The SMILES string of the molecule is Cc1cc(S(=O)(=O)N(CCO)C2CCC2)sc1Br. The third-order valence-electron chi connectivity index (χ3n) is 3.20. The van der Waals surface area contributed by atoms with Gasteiger partial charge in [-0.15, -0.1) is 11.3 Å². The minimum Gasteiger partial charge on any atom is -0.395 e. The second-order valence-electron chi connectivity index (χ2n) is 4.45. The standard InChI is InChI=1S/C11H16BrNO3S2/c1-8-7-10(17-11(8)12)18(15,16)13(5-6-14)9-3-2-4-9/h7,9,14H,2-6H2,1H3. The van der Waals surface area contributed by atoms with E-state index in [2.05, 4.69) is 15.9 Å². The van der Waals surface area contributed by atoms with E-state index in [-0.39, 0.29) is 19.2 Å². The van der Waals surface area contributed by atoms with Crippen LogP contribution in [0, 0.1) is 6.92 Å². The third-order valence-corrected chi connectivity index (χ3v) is 7.74. The number of aliphatic hydroxyl groups excluding tert-OH is 1. The Morgan fingerprint density at radius 2 is 2.22 bits per heavy atom. The summed E-state index contributed by atoms with van der Waals surface area (Å²) in [5.41, 5.74) is 0.927. The molecule has 4 nitrogen and oxygen atoms in total. The van der Waals surface area contributed by atoms with E-state index in [0.29, 0.717) is 4.21 Å². The molecule has 1 aromatic rings. The smallest absolute Gasteiger partial charge is 0.252 e. The maximum Gasteiger partial charge on any atom is 0.252 e. The first-order valence-electron chi connectivity index (χ1n) is 5.85. The zero-order chi connectivity index (χ0) is 13.3. The van der Waals surface area contributed by atoms with Gasteiger partial charge in [0.2, 0.25) is 0 Å². The molecular weight excluding hydrogens is 338 g/mol. The highest BCUT2D eigenvalue weighted by Crippen LogP contribution is 2.35. The highest BCUT2D eigenvalue weighted by Gasteiger charge is 2.35. The molecule has 1 saturated carbocycles. The predicted molar refractivity (Wildman–Crippen MR) is 75.4 cm³/mol. The second kappa shape index (κ2) is 5.58. The lowest BCUT2D eigenvalue weighted by atomic mass is 9.93. The van der Waals surface area contributed by atoms with Crippen LogP contribution in [0.2, 0.25) is 0 Å². The zero-order valence-corrected chi connectivity index (χ0v) is 13.3. The van der Waals surface area contributed by atoms with Crippen molar-refractivity contribution in [2.45, 2.75) is 36.4 Å². The van der Waals surface area contributed by atoms with Gasteiger partial charge in [0, 0.05) is 12.6 Å². The largest absolute Gasteiger partial charge is 0.395 e. The van der Waals surface area contributed by atoms with Crippen LogP contribution >= 0.6 is 27.3 Å². The first-order valence-corrected chi connectivity index (χ1v) is 8.90. The topological polar surface area (TPSA) is 57.6 Å². The van der Waals surface area contributed by atoms with E-state index in [9.17, 15) is 8.42 Å². The van der Waals surface area contributed by atoms with Gasteiger partial charge in [0.25, 0.3) is 10.0 Å². The Kier molecular flexibility index (Phi) is 4.48. The molecule has 1 aliphatic carbocycles. The second-order valence-corrected chi connectivity index (χ2v) is 8.93. The van der Waals surface area contributed by atoms with E-state index >= 15 is 0 Å². The van der Waals surface area contributed by atoms with Crippen molar-refractivity contribution in [1.82, 2.24) is 4.31 Å². The lowest BCUT2D eigenvalue weighted by Crippen LogP contribution is -2.45. The maximum absolute atomic E-state index is 12.5. The molecule has 7 heteroatoms. The normalized spacial score (nSPS) is 17.1. The summed E-state index contributed by atoms with van der Waals surface area (Å²) >= 11 is 4.58. The summed E-state index contributed by atoms with van der Waals surface area (Å²) in [4.78, 5) is 0. The van der Waals surface area contributed by atoms with Crippen LogP contribution in [0.5, 0.6) is 0 Å². The van der Waals surface area contributed by atoms with E-state index in [1.165, 1.54) is 15.6 Å². The molecule has 0 radical (unpaired) electrons. The van der Waals surface area contributed by atoms with Gasteiger partial charge < -0.3 is 5.11 Å². The molecule has 18 heavy (non-hydrogen) atoms. The summed E-state index contributed by atoms with van der Waals surface area (Å²) in [7, 11) is -3.46. The van der Waals surface area contributed by atoms with Gasteiger partial charge in [-0.1, -0.05) is 6.42 Å². The van der Waals surface area contributed by atoms with Crippen molar-refractivity contribution in [2.24, 2.45) is 0 Å². The molecule has 0 aromatic carbocycles. The fraction of sp³-hybridized carbons (Fsp3) is 0.636. The fourth-order valence-corrected chi connectivity index (χ4v) is 5.98. The summed E-state index contributed by atoms with van der Waals surface area (Å²) in [6.07, 6.45) is 2.85. The van der Waals surface area contributed by atoms with Gasteiger partial charge in [0.15, 0.2) is 0 Å². The van der Waals surface area contributed by atoms with Crippen LogP contribution < -0.4 is 0 Å². The molecule has 0 amide bonds. The van der Waals surface area contributed by atoms with E-state index in [4.69, 9.17) is 5.11 Å². The van der Waals surface area contributed by atoms with Gasteiger partial charge >= 0.3 is 0 Å². The first kappa shape index (κ1) is 14.5. The van der Waals surface area contributed by atoms with E-state index in [0.717, 1.165) is 28.6 Å². The number of sulfonamides is 1. The van der Waals surface area contributed by atoms with Crippen LogP contribution in [0.15, 0.2) is 14.1 Å². The molecule has 1 aromatic heterocycles. The number of halogens is 1. The Balaban J connectivity index is 2.32. The molecule has 1 N–H and O–H groups in total. The minimum atomic E-state index is -3.46. The maximum atomic E-state index is 12.5. The number of aryl methyl sites for hydroxylation is 1. The van der Waals surface area contributed by atoms with Crippen LogP contribution in [0.1, 0.15) is 24.8 Å². The molecule has 0 bridgehead atoms. The number of nitrogens with zero attached hydrogens (tertiary/aromatic N) is 1. The molecule has 0 unspecified atom stereocenters. The molecule has 2 rings (SSSR count). The third kappa shape index (κ3) is 2.65. The van der Waals surface area contributed by atoms with Crippen LogP contribution in [-0.4, -0.2) is 37.0 Å². The van der Waals surface area contributed by atoms with Gasteiger partial charge in [-0.3, -0.25) is 0 Å². The van der Waals surface area contributed by atoms with Crippen molar-refractivity contribution < 1.29 is 13.5 Å².